The van der Waals surface area contributed by atoms with Crippen molar-refractivity contribution in [3.8, 4) is 0 Å². The van der Waals surface area contributed by atoms with Crippen molar-refractivity contribution in [2.45, 2.75) is 59.3 Å². The molecule has 0 aliphatic rings. The molecule has 1 aromatic rings. The van der Waals surface area contributed by atoms with Gasteiger partial charge in [-0.1, -0.05) is 58.7 Å². The van der Waals surface area contributed by atoms with E-state index in [-0.39, 0.29) is 0 Å². The van der Waals surface area contributed by atoms with E-state index in [9.17, 15) is 0 Å². The lowest BCUT2D eigenvalue weighted by Crippen LogP contribution is -1.98. The van der Waals surface area contributed by atoms with E-state index in [0.29, 0.717) is 5.92 Å². The molecule has 15 heavy (non-hydrogen) atoms. The molecule has 0 radical (unpaired) electrons. The van der Waals surface area contributed by atoms with Gasteiger partial charge in [-0.05, 0) is 35.4 Å². The van der Waals surface area contributed by atoms with Crippen molar-refractivity contribution in [1.82, 2.24) is 0 Å². The number of hydrogen-bond donors (Lipinski definition) is 0. The van der Waals surface area contributed by atoms with Crippen LogP contribution in [0.15, 0.2) is 18.2 Å². The van der Waals surface area contributed by atoms with E-state index in [2.05, 4.69) is 45.9 Å². The van der Waals surface area contributed by atoms with Gasteiger partial charge in [-0.25, -0.2) is 0 Å². The Labute approximate surface area is 94.7 Å². The first-order chi connectivity index (χ1) is 7.19. The highest BCUT2D eigenvalue weighted by atomic mass is 14.1. The molecule has 0 fully saturated rings. The molecule has 0 heterocycles. The number of hydrogen-bond acceptors (Lipinski definition) is 0. The van der Waals surface area contributed by atoms with Gasteiger partial charge in [0.15, 0.2) is 0 Å². The smallest absolute Gasteiger partial charge is 0.0216 e. The minimum absolute atomic E-state index is 0.655. The Morgan fingerprint density at radius 1 is 1.00 bits per heavy atom. The number of aryl methyl sites for hydroxylation is 2. The highest BCUT2D eigenvalue weighted by Crippen LogP contribution is 2.22. The highest BCUT2D eigenvalue weighted by molar-refractivity contribution is 5.34. The summed E-state index contributed by atoms with van der Waals surface area (Å²) in [6.45, 7) is 9.08. The largest absolute Gasteiger partial charge is 0.0651 e. The maximum atomic E-state index is 2.42. The molecule has 0 bridgehead atoms. The van der Waals surface area contributed by atoms with Crippen molar-refractivity contribution in [3.63, 3.8) is 0 Å². The van der Waals surface area contributed by atoms with Gasteiger partial charge in [0.1, 0.15) is 0 Å². The number of benzene rings is 1. The quantitative estimate of drug-likeness (QED) is 0.651. The Bertz CT molecular complexity index is 297. The molecule has 0 aromatic heterocycles. The monoisotopic (exact) mass is 204 g/mol. The Morgan fingerprint density at radius 2 is 1.67 bits per heavy atom. The first-order valence-electron chi connectivity index (χ1n) is 6.30. The van der Waals surface area contributed by atoms with Crippen LogP contribution in [0.3, 0.4) is 0 Å². The van der Waals surface area contributed by atoms with Crippen LogP contribution in [0.5, 0.6) is 0 Å². The van der Waals surface area contributed by atoms with E-state index in [0.717, 1.165) is 0 Å². The fraction of sp³-hybridized carbons (Fsp3) is 0.600. The minimum atomic E-state index is 0.655. The van der Waals surface area contributed by atoms with Crippen LogP contribution in [0.1, 0.15) is 63.1 Å². The summed E-state index contributed by atoms with van der Waals surface area (Å²) in [6.07, 6.45) is 4.93. The predicted molar refractivity (Wildman–Crippen MR) is 68.5 cm³/mol. The van der Waals surface area contributed by atoms with Crippen LogP contribution in [0.4, 0.5) is 0 Å². The van der Waals surface area contributed by atoms with Gasteiger partial charge < -0.3 is 0 Å². The first kappa shape index (κ1) is 12.3. The van der Waals surface area contributed by atoms with Gasteiger partial charge in [0, 0.05) is 0 Å². The van der Waals surface area contributed by atoms with Crippen LogP contribution < -0.4 is 0 Å². The van der Waals surface area contributed by atoms with E-state index in [1.165, 1.54) is 36.8 Å². The van der Waals surface area contributed by atoms with Crippen LogP contribution in [-0.4, -0.2) is 0 Å². The van der Waals surface area contributed by atoms with Gasteiger partial charge in [0.05, 0.1) is 0 Å². The summed E-state index contributed by atoms with van der Waals surface area (Å²) in [4.78, 5) is 0. The minimum Gasteiger partial charge on any atom is -0.0651 e. The topological polar surface area (TPSA) is 0 Å². The molecule has 0 unspecified atom stereocenters. The van der Waals surface area contributed by atoms with E-state index in [1.807, 2.05) is 0 Å². The zero-order valence-corrected chi connectivity index (χ0v) is 10.6. The molecule has 0 amide bonds. The molecule has 0 nitrogen and oxygen atoms in total. The summed E-state index contributed by atoms with van der Waals surface area (Å²) in [5.41, 5.74) is 4.61. The normalized spacial score (nSPS) is 11.0. The third-order valence-corrected chi connectivity index (χ3v) is 2.89. The van der Waals surface area contributed by atoms with Crippen LogP contribution in [-0.2, 0) is 12.8 Å². The Morgan fingerprint density at radius 3 is 2.20 bits per heavy atom. The zero-order chi connectivity index (χ0) is 11.3. The molecule has 0 N–H and O–H groups in total. The summed E-state index contributed by atoms with van der Waals surface area (Å²) >= 11 is 0. The highest BCUT2D eigenvalue weighted by Gasteiger charge is 2.06. The zero-order valence-electron chi connectivity index (χ0n) is 10.6. The lowest BCUT2D eigenvalue weighted by Gasteiger charge is -2.14. The van der Waals surface area contributed by atoms with Crippen molar-refractivity contribution in [1.29, 1.82) is 0 Å². The fourth-order valence-electron chi connectivity index (χ4n) is 2.15. The van der Waals surface area contributed by atoms with Gasteiger partial charge >= 0.3 is 0 Å². The van der Waals surface area contributed by atoms with E-state index in [4.69, 9.17) is 0 Å². The SMILES string of the molecule is CCCc1ccc(C(C)C)c(CCC)c1. The van der Waals surface area contributed by atoms with Crippen LogP contribution in [0, 0.1) is 0 Å². The molecule has 0 aliphatic heterocycles. The van der Waals surface area contributed by atoms with Crippen LogP contribution in [0.25, 0.3) is 0 Å². The van der Waals surface area contributed by atoms with Crippen molar-refractivity contribution in [2.75, 3.05) is 0 Å². The van der Waals surface area contributed by atoms with E-state index < -0.39 is 0 Å². The third kappa shape index (κ3) is 3.37. The Kier molecular flexibility index (Phi) is 4.87. The number of rotatable bonds is 5. The molecule has 84 valence electrons. The Hall–Kier alpha value is -0.780. The summed E-state index contributed by atoms with van der Waals surface area (Å²) in [5.74, 6) is 0.655. The van der Waals surface area contributed by atoms with E-state index in [1.54, 1.807) is 5.56 Å². The van der Waals surface area contributed by atoms with Gasteiger partial charge in [-0.15, -0.1) is 0 Å². The molecule has 0 saturated heterocycles. The molecule has 0 heteroatoms. The lowest BCUT2D eigenvalue weighted by atomic mass is 9.92. The summed E-state index contributed by atoms with van der Waals surface area (Å²) < 4.78 is 0. The molecule has 0 saturated carbocycles. The summed E-state index contributed by atoms with van der Waals surface area (Å²) in [7, 11) is 0. The first-order valence-corrected chi connectivity index (χ1v) is 6.30. The fourth-order valence-corrected chi connectivity index (χ4v) is 2.15. The summed E-state index contributed by atoms with van der Waals surface area (Å²) in [6, 6.07) is 7.06. The standard InChI is InChI=1S/C15H24/c1-5-7-13-9-10-15(12(3)4)14(11-13)8-6-2/h9-12H,5-8H2,1-4H3. The molecule has 0 atom stereocenters. The maximum Gasteiger partial charge on any atom is -0.0216 e. The van der Waals surface area contributed by atoms with Crippen molar-refractivity contribution in [3.05, 3.63) is 34.9 Å². The van der Waals surface area contributed by atoms with Gasteiger partial charge in [-0.2, -0.15) is 0 Å². The van der Waals surface area contributed by atoms with Gasteiger partial charge in [0.25, 0.3) is 0 Å². The second kappa shape index (κ2) is 5.95. The second-order valence-electron chi connectivity index (χ2n) is 4.69. The maximum absolute atomic E-state index is 2.42. The van der Waals surface area contributed by atoms with Gasteiger partial charge in [-0.3, -0.25) is 0 Å². The van der Waals surface area contributed by atoms with Gasteiger partial charge in [0.2, 0.25) is 0 Å². The predicted octanol–water partition coefficient (Wildman–Crippen LogP) is 4.72. The molecular weight excluding hydrogens is 180 g/mol. The summed E-state index contributed by atoms with van der Waals surface area (Å²) in [5, 5.41) is 0. The van der Waals surface area contributed by atoms with Crippen LogP contribution >= 0.6 is 0 Å². The molecule has 0 spiro atoms. The third-order valence-electron chi connectivity index (χ3n) is 2.89. The lowest BCUT2D eigenvalue weighted by molar-refractivity contribution is 0.814. The van der Waals surface area contributed by atoms with Crippen molar-refractivity contribution >= 4 is 0 Å². The second-order valence-corrected chi connectivity index (χ2v) is 4.69. The Balaban J connectivity index is 2.97. The molecule has 1 rings (SSSR count). The average Bonchev–Trinajstić information content (AvgIpc) is 2.18. The average molecular weight is 204 g/mol. The molecular formula is C15H24. The van der Waals surface area contributed by atoms with Crippen LogP contribution in [0.2, 0.25) is 0 Å². The molecule has 0 aliphatic carbocycles. The van der Waals surface area contributed by atoms with Crippen molar-refractivity contribution < 1.29 is 0 Å². The van der Waals surface area contributed by atoms with Crippen molar-refractivity contribution in [2.24, 2.45) is 0 Å². The molecule has 1 aromatic carbocycles. The van der Waals surface area contributed by atoms with E-state index >= 15 is 0 Å².